The van der Waals surface area contributed by atoms with Crippen molar-refractivity contribution >= 4 is 11.8 Å². The molecule has 0 atom stereocenters. The monoisotopic (exact) mass is 383 g/mol. The summed E-state index contributed by atoms with van der Waals surface area (Å²) in [6, 6.07) is 9.91. The van der Waals surface area contributed by atoms with Gasteiger partial charge in [0, 0.05) is 45.0 Å². The van der Waals surface area contributed by atoms with E-state index in [0.717, 1.165) is 77.0 Å². The van der Waals surface area contributed by atoms with Crippen molar-refractivity contribution < 1.29 is 9.84 Å². The lowest BCUT2D eigenvalue weighted by Crippen LogP contribution is -2.49. The number of benzene rings is 1. The molecule has 7 heteroatoms. The largest absolute Gasteiger partial charge is 0.508 e. The molecule has 0 radical (unpaired) electrons. The lowest BCUT2D eigenvalue weighted by atomic mass is 10.0. The van der Waals surface area contributed by atoms with Crippen molar-refractivity contribution in [1.82, 2.24) is 14.9 Å². The van der Waals surface area contributed by atoms with Crippen molar-refractivity contribution in [3.63, 3.8) is 0 Å². The number of phenolic OH excluding ortho intramolecular Hbond substituents is 1. The molecule has 1 aromatic carbocycles. The molecular weight excluding hydrogens is 354 g/mol. The molecule has 2 aliphatic heterocycles. The first-order chi connectivity index (χ1) is 13.8. The van der Waals surface area contributed by atoms with Crippen molar-refractivity contribution in [3.05, 3.63) is 42.1 Å². The van der Waals surface area contributed by atoms with E-state index in [-0.39, 0.29) is 0 Å². The van der Waals surface area contributed by atoms with Gasteiger partial charge in [-0.15, -0.1) is 0 Å². The predicted octanol–water partition coefficient (Wildman–Crippen LogP) is 2.14. The molecule has 7 nitrogen and oxygen atoms in total. The van der Waals surface area contributed by atoms with Gasteiger partial charge in [-0.2, -0.15) is 4.98 Å². The molecule has 2 saturated heterocycles. The zero-order chi connectivity index (χ0) is 19.2. The summed E-state index contributed by atoms with van der Waals surface area (Å²) >= 11 is 0. The first kappa shape index (κ1) is 19.0. The Labute approximate surface area is 166 Å². The van der Waals surface area contributed by atoms with E-state index in [0.29, 0.717) is 11.8 Å². The maximum atomic E-state index is 9.36. The molecule has 0 bridgehead atoms. The van der Waals surface area contributed by atoms with E-state index in [1.54, 1.807) is 12.1 Å². The average Bonchev–Trinajstić information content (AvgIpc) is 2.76. The van der Waals surface area contributed by atoms with E-state index in [1.165, 1.54) is 5.56 Å². The number of ether oxygens (including phenoxy) is 1. The number of nitrogens with zero attached hydrogens (tertiary/aromatic N) is 4. The van der Waals surface area contributed by atoms with Gasteiger partial charge in [0.15, 0.2) is 0 Å². The van der Waals surface area contributed by atoms with Crippen molar-refractivity contribution in [2.75, 3.05) is 56.2 Å². The lowest BCUT2D eigenvalue weighted by molar-refractivity contribution is 0.0114. The standard InChI is InChI=1S/C21H29N5O2/c27-19-3-1-17(2-4-19)5-9-22-20-6-10-23-21(24-20)26-11-7-18(8-12-26)25-13-15-28-16-14-25/h1-4,6,10,18,27H,5,7-9,11-16H2,(H,22,23,24). The molecule has 2 N–H and O–H groups in total. The smallest absolute Gasteiger partial charge is 0.227 e. The van der Waals surface area contributed by atoms with Crippen LogP contribution in [0, 0.1) is 0 Å². The first-order valence-electron chi connectivity index (χ1n) is 10.2. The number of hydrogen-bond acceptors (Lipinski definition) is 7. The fourth-order valence-electron chi connectivity index (χ4n) is 3.97. The quantitative estimate of drug-likeness (QED) is 0.792. The summed E-state index contributed by atoms with van der Waals surface area (Å²) in [5.74, 6) is 1.98. The number of aromatic hydroxyl groups is 1. The number of aromatic nitrogens is 2. The van der Waals surface area contributed by atoms with Crippen LogP contribution in [0.25, 0.3) is 0 Å². The van der Waals surface area contributed by atoms with Crippen molar-refractivity contribution in [3.8, 4) is 5.75 Å². The SMILES string of the molecule is Oc1ccc(CCNc2ccnc(N3CCC(N4CCOCC4)CC3)n2)cc1. The van der Waals surface area contributed by atoms with Crippen LogP contribution in [0.15, 0.2) is 36.5 Å². The Balaban J connectivity index is 1.27. The second-order valence-electron chi connectivity index (χ2n) is 7.45. The van der Waals surface area contributed by atoms with Gasteiger partial charge >= 0.3 is 0 Å². The average molecular weight is 383 g/mol. The third-order valence-corrected chi connectivity index (χ3v) is 5.61. The molecule has 2 aromatic rings. The van der Waals surface area contributed by atoms with E-state index in [1.807, 2.05) is 24.4 Å². The first-order valence-corrected chi connectivity index (χ1v) is 10.2. The molecule has 3 heterocycles. The molecule has 28 heavy (non-hydrogen) atoms. The third-order valence-electron chi connectivity index (χ3n) is 5.61. The molecule has 0 saturated carbocycles. The highest BCUT2D eigenvalue weighted by molar-refractivity contribution is 5.41. The molecule has 2 fully saturated rings. The maximum Gasteiger partial charge on any atom is 0.227 e. The Bertz CT molecular complexity index is 741. The van der Waals surface area contributed by atoms with Gasteiger partial charge in [-0.1, -0.05) is 12.1 Å². The summed E-state index contributed by atoms with van der Waals surface area (Å²) in [5, 5.41) is 12.7. The van der Waals surface area contributed by atoms with Crippen LogP contribution in [0.3, 0.4) is 0 Å². The van der Waals surface area contributed by atoms with Crippen LogP contribution in [0.4, 0.5) is 11.8 Å². The van der Waals surface area contributed by atoms with Gasteiger partial charge < -0.3 is 20.1 Å². The fraction of sp³-hybridized carbons (Fsp3) is 0.524. The van der Waals surface area contributed by atoms with Crippen molar-refractivity contribution in [1.29, 1.82) is 0 Å². The van der Waals surface area contributed by atoms with Crippen LogP contribution in [-0.2, 0) is 11.2 Å². The van der Waals surface area contributed by atoms with Crippen LogP contribution in [-0.4, -0.2) is 72.0 Å². The molecule has 1 aromatic heterocycles. The minimum atomic E-state index is 0.301. The molecule has 0 spiro atoms. The zero-order valence-corrected chi connectivity index (χ0v) is 16.3. The highest BCUT2D eigenvalue weighted by Crippen LogP contribution is 2.21. The van der Waals surface area contributed by atoms with Crippen molar-refractivity contribution in [2.24, 2.45) is 0 Å². The van der Waals surface area contributed by atoms with Gasteiger partial charge in [-0.3, -0.25) is 4.90 Å². The number of hydrogen-bond donors (Lipinski definition) is 2. The number of phenols is 1. The molecule has 0 amide bonds. The molecule has 4 rings (SSSR count). The topological polar surface area (TPSA) is 73.8 Å². The van der Waals surface area contributed by atoms with Crippen LogP contribution in [0.1, 0.15) is 18.4 Å². The Kier molecular flexibility index (Phi) is 6.24. The van der Waals surface area contributed by atoms with Gasteiger partial charge in [0.05, 0.1) is 13.2 Å². The minimum Gasteiger partial charge on any atom is -0.508 e. The predicted molar refractivity (Wildman–Crippen MR) is 110 cm³/mol. The number of piperidine rings is 1. The Morgan fingerprint density at radius 3 is 2.54 bits per heavy atom. The summed E-state index contributed by atoms with van der Waals surface area (Å²) in [4.78, 5) is 14.1. The van der Waals surface area contributed by atoms with E-state index in [4.69, 9.17) is 9.72 Å². The van der Waals surface area contributed by atoms with E-state index < -0.39 is 0 Å². The summed E-state index contributed by atoms with van der Waals surface area (Å²) in [6.07, 6.45) is 5.02. The summed E-state index contributed by atoms with van der Waals surface area (Å²) < 4.78 is 5.47. The van der Waals surface area contributed by atoms with Gasteiger partial charge in [0.25, 0.3) is 0 Å². The van der Waals surface area contributed by atoms with E-state index in [2.05, 4.69) is 20.1 Å². The van der Waals surface area contributed by atoms with Gasteiger partial charge in [-0.25, -0.2) is 4.98 Å². The Morgan fingerprint density at radius 2 is 1.79 bits per heavy atom. The summed E-state index contributed by atoms with van der Waals surface area (Å²) in [7, 11) is 0. The molecule has 150 valence electrons. The lowest BCUT2D eigenvalue weighted by Gasteiger charge is -2.40. The fourth-order valence-corrected chi connectivity index (χ4v) is 3.97. The number of morpholine rings is 1. The van der Waals surface area contributed by atoms with Gasteiger partial charge in [0.1, 0.15) is 11.6 Å². The van der Waals surface area contributed by atoms with Gasteiger partial charge in [-0.05, 0) is 43.0 Å². The van der Waals surface area contributed by atoms with Crippen LogP contribution in [0.2, 0.25) is 0 Å². The van der Waals surface area contributed by atoms with E-state index >= 15 is 0 Å². The van der Waals surface area contributed by atoms with Crippen LogP contribution in [0.5, 0.6) is 5.75 Å². The van der Waals surface area contributed by atoms with Gasteiger partial charge in [0.2, 0.25) is 5.95 Å². The maximum absolute atomic E-state index is 9.36. The molecular formula is C21H29N5O2. The highest BCUT2D eigenvalue weighted by Gasteiger charge is 2.26. The van der Waals surface area contributed by atoms with Crippen LogP contribution >= 0.6 is 0 Å². The second-order valence-corrected chi connectivity index (χ2v) is 7.45. The summed E-state index contributed by atoms with van der Waals surface area (Å²) in [6.45, 7) is 6.63. The van der Waals surface area contributed by atoms with Crippen LogP contribution < -0.4 is 10.2 Å². The normalized spacial score (nSPS) is 18.9. The Morgan fingerprint density at radius 1 is 1.04 bits per heavy atom. The molecule has 0 unspecified atom stereocenters. The van der Waals surface area contributed by atoms with E-state index in [9.17, 15) is 5.11 Å². The zero-order valence-electron chi connectivity index (χ0n) is 16.3. The number of rotatable bonds is 6. The molecule has 2 aliphatic rings. The summed E-state index contributed by atoms with van der Waals surface area (Å²) in [5.41, 5.74) is 1.18. The molecule has 0 aliphatic carbocycles. The Hall–Kier alpha value is -2.38. The number of nitrogens with one attached hydrogen (secondary N) is 1. The number of anilines is 2. The third kappa shape index (κ3) is 4.91. The minimum absolute atomic E-state index is 0.301. The highest BCUT2D eigenvalue weighted by atomic mass is 16.5. The second kappa shape index (κ2) is 9.21. The van der Waals surface area contributed by atoms with Crippen molar-refractivity contribution in [2.45, 2.75) is 25.3 Å².